The molecule has 0 radical (unpaired) electrons. The Labute approximate surface area is 178 Å². The van der Waals surface area contributed by atoms with Gasteiger partial charge in [0.1, 0.15) is 0 Å². The highest BCUT2D eigenvalue weighted by Gasteiger charge is 2.23. The van der Waals surface area contributed by atoms with Gasteiger partial charge in [-0.3, -0.25) is 9.89 Å². The molecule has 1 aliphatic heterocycles. The number of carbonyl (C=O) groups excluding carboxylic acids is 1. The molecule has 2 N–H and O–H groups in total. The first kappa shape index (κ1) is 20.2. The Balaban J connectivity index is 1.32. The first-order chi connectivity index (χ1) is 14.4. The highest BCUT2D eigenvalue weighted by atomic mass is 16.1. The molecule has 2 heterocycles. The fourth-order valence-corrected chi connectivity index (χ4v) is 3.88. The van der Waals surface area contributed by atoms with Crippen LogP contribution in [0.5, 0.6) is 0 Å². The normalized spacial score (nSPS) is 15.2. The smallest absolute Gasteiger partial charge is 0.251 e. The van der Waals surface area contributed by atoms with E-state index in [1.165, 1.54) is 5.56 Å². The number of aromatic nitrogens is 2. The number of nitrogens with one attached hydrogen (secondary N) is 2. The number of hydrogen-bond acceptors (Lipinski definition) is 3. The Bertz CT molecular complexity index is 978. The summed E-state index contributed by atoms with van der Waals surface area (Å²) in [7, 11) is 0. The quantitative estimate of drug-likeness (QED) is 0.661. The van der Waals surface area contributed by atoms with Crippen molar-refractivity contribution in [3.8, 4) is 11.3 Å². The minimum atomic E-state index is 0.0139. The van der Waals surface area contributed by atoms with Gasteiger partial charge in [0.05, 0.1) is 5.69 Å². The van der Waals surface area contributed by atoms with Gasteiger partial charge in [-0.05, 0) is 41.5 Å². The van der Waals surface area contributed by atoms with Crippen LogP contribution in [0.3, 0.4) is 0 Å². The van der Waals surface area contributed by atoms with Crippen LogP contribution in [0.4, 0.5) is 5.82 Å². The molecule has 2 aromatic carbocycles. The Hall–Kier alpha value is -3.08. The molecular formula is C25H30N4O. The molecule has 1 saturated heterocycles. The van der Waals surface area contributed by atoms with E-state index in [4.69, 9.17) is 0 Å². The summed E-state index contributed by atoms with van der Waals surface area (Å²) >= 11 is 0. The zero-order valence-electron chi connectivity index (χ0n) is 18.0. The summed E-state index contributed by atoms with van der Waals surface area (Å²) < 4.78 is 0. The summed E-state index contributed by atoms with van der Waals surface area (Å²) in [6.07, 6.45) is 1.83. The minimum Gasteiger partial charge on any atom is -0.355 e. The second-order valence-electron chi connectivity index (χ2n) is 9.07. The molecule has 0 atom stereocenters. The molecule has 1 aliphatic rings. The molecular weight excluding hydrogens is 372 g/mol. The zero-order chi connectivity index (χ0) is 21.1. The molecule has 4 rings (SSSR count). The number of rotatable bonds is 4. The predicted molar refractivity (Wildman–Crippen MR) is 122 cm³/mol. The summed E-state index contributed by atoms with van der Waals surface area (Å²) in [5.41, 5.74) is 4.22. The fraction of sp³-hybridized carbons (Fsp3) is 0.360. The number of benzene rings is 2. The third-order valence-electron chi connectivity index (χ3n) is 5.82. The van der Waals surface area contributed by atoms with Crippen molar-refractivity contribution in [2.75, 3.05) is 18.0 Å². The lowest BCUT2D eigenvalue weighted by Gasteiger charge is -2.32. The molecule has 156 valence electrons. The Kier molecular flexibility index (Phi) is 5.62. The van der Waals surface area contributed by atoms with Crippen LogP contribution in [0.2, 0.25) is 0 Å². The van der Waals surface area contributed by atoms with Crippen molar-refractivity contribution < 1.29 is 4.79 Å². The number of piperidine rings is 1. The molecule has 1 aromatic heterocycles. The highest BCUT2D eigenvalue weighted by molar-refractivity contribution is 5.94. The Morgan fingerprint density at radius 3 is 2.33 bits per heavy atom. The van der Waals surface area contributed by atoms with Crippen molar-refractivity contribution in [3.05, 3.63) is 71.8 Å². The van der Waals surface area contributed by atoms with Crippen LogP contribution in [0.1, 0.15) is 49.5 Å². The third kappa shape index (κ3) is 4.56. The molecule has 1 amide bonds. The molecule has 5 heteroatoms. The summed E-state index contributed by atoms with van der Waals surface area (Å²) in [6.45, 7) is 8.30. The number of aromatic amines is 1. The fourth-order valence-electron chi connectivity index (χ4n) is 3.88. The molecule has 0 aliphatic carbocycles. The van der Waals surface area contributed by atoms with E-state index in [0.29, 0.717) is 0 Å². The number of anilines is 1. The van der Waals surface area contributed by atoms with Gasteiger partial charge in [0.15, 0.2) is 5.82 Å². The van der Waals surface area contributed by atoms with E-state index >= 15 is 0 Å². The third-order valence-corrected chi connectivity index (χ3v) is 5.82. The minimum absolute atomic E-state index is 0.0139. The molecule has 0 unspecified atom stereocenters. The monoisotopic (exact) mass is 402 g/mol. The van der Waals surface area contributed by atoms with Crippen molar-refractivity contribution >= 4 is 11.7 Å². The van der Waals surface area contributed by atoms with Gasteiger partial charge >= 0.3 is 0 Å². The SMILES string of the molecule is CC(C)(C)c1ccc(C(=O)NC2CCN(c3cc(-c4ccccc4)[nH]n3)CC2)cc1. The summed E-state index contributed by atoms with van der Waals surface area (Å²) in [5.74, 6) is 0.983. The van der Waals surface area contributed by atoms with Gasteiger partial charge < -0.3 is 10.2 Å². The average molecular weight is 403 g/mol. The van der Waals surface area contributed by atoms with E-state index in [-0.39, 0.29) is 17.4 Å². The second-order valence-corrected chi connectivity index (χ2v) is 9.07. The number of hydrogen-bond donors (Lipinski definition) is 2. The van der Waals surface area contributed by atoms with Crippen LogP contribution >= 0.6 is 0 Å². The number of H-pyrrole nitrogens is 1. The van der Waals surface area contributed by atoms with Gasteiger partial charge in [-0.15, -0.1) is 0 Å². The second kappa shape index (κ2) is 8.34. The molecule has 1 fully saturated rings. The van der Waals surface area contributed by atoms with E-state index in [1.54, 1.807) is 0 Å². The van der Waals surface area contributed by atoms with E-state index in [0.717, 1.165) is 48.6 Å². The maximum atomic E-state index is 12.6. The average Bonchev–Trinajstić information content (AvgIpc) is 3.25. The zero-order valence-corrected chi connectivity index (χ0v) is 18.0. The summed E-state index contributed by atoms with van der Waals surface area (Å²) in [6, 6.07) is 20.5. The predicted octanol–water partition coefficient (Wildman–Crippen LogP) is 4.77. The first-order valence-electron chi connectivity index (χ1n) is 10.7. The molecule has 5 nitrogen and oxygen atoms in total. The standard InChI is InChI=1S/C25H30N4O/c1-25(2,3)20-11-9-19(10-12-20)24(30)26-21-13-15-29(16-14-21)23-17-22(27-28-23)18-7-5-4-6-8-18/h4-12,17,21H,13-16H2,1-3H3,(H,26,30)(H,27,28). The van der Waals surface area contributed by atoms with Crippen molar-refractivity contribution in [3.63, 3.8) is 0 Å². The molecule has 0 bridgehead atoms. The molecule has 0 saturated carbocycles. The van der Waals surface area contributed by atoms with Gasteiger partial charge in [-0.1, -0.05) is 63.2 Å². The number of nitrogens with zero attached hydrogens (tertiary/aromatic N) is 2. The first-order valence-corrected chi connectivity index (χ1v) is 10.7. The van der Waals surface area contributed by atoms with E-state index in [1.807, 2.05) is 30.3 Å². The lowest BCUT2D eigenvalue weighted by molar-refractivity contribution is 0.0931. The summed E-state index contributed by atoms with van der Waals surface area (Å²) in [5, 5.41) is 10.8. The van der Waals surface area contributed by atoms with Crippen LogP contribution in [-0.2, 0) is 5.41 Å². The lowest BCUT2D eigenvalue weighted by atomic mass is 9.86. The van der Waals surface area contributed by atoms with E-state index in [9.17, 15) is 4.79 Å². The van der Waals surface area contributed by atoms with Crippen LogP contribution in [-0.4, -0.2) is 35.2 Å². The van der Waals surface area contributed by atoms with Gasteiger partial charge in [0.2, 0.25) is 0 Å². The Morgan fingerprint density at radius 1 is 1.03 bits per heavy atom. The van der Waals surface area contributed by atoms with Crippen LogP contribution < -0.4 is 10.2 Å². The van der Waals surface area contributed by atoms with Crippen molar-refractivity contribution in [2.45, 2.75) is 45.1 Å². The summed E-state index contributed by atoms with van der Waals surface area (Å²) in [4.78, 5) is 14.9. The Morgan fingerprint density at radius 2 is 1.70 bits per heavy atom. The van der Waals surface area contributed by atoms with Gasteiger partial charge in [0.25, 0.3) is 5.91 Å². The molecule has 30 heavy (non-hydrogen) atoms. The number of carbonyl (C=O) groups is 1. The van der Waals surface area contributed by atoms with E-state index < -0.39 is 0 Å². The van der Waals surface area contributed by atoms with Crippen LogP contribution in [0.15, 0.2) is 60.7 Å². The topological polar surface area (TPSA) is 61.0 Å². The van der Waals surface area contributed by atoms with Crippen molar-refractivity contribution in [1.82, 2.24) is 15.5 Å². The maximum Gasteiger partial charge on any atom is 0.251 e. The van der Waals surface area contributed by atoms with Gasteiger partial charge in [-0.2, -0.15) is 5.10 Å². The number of amides is 1. The molecule has 3 aromatic rings. The van der Waals surface area contributed by atoms with Gasteiger partial charge in [-0.25, -0.2) is 0 Å². The molecule has 0 spiro atoms. The van der Waals surface area contributed by atoms with Crippen LogP contribution in [0.25, 0.3) is 11.3 Å². The maximum absolute atomic E-state index is 12.6. The van der Waals surface area contributed by atoms with Crippen molar-refractivity contribution in [2.24, 2.45) is 0 Å². The van der Waals surface area contributed by atoms with Crippen molar-refractivity contribution in [1.29, 1.82) is 0 Å². The van der Waals surface area contributed by atoms with Gasteiger partial charge in [0, 0.05) is 30.8 Å². The van der Waals surface area contributed by atoms with Crippen LogP contribution in [0, 0.1) is 0 Å². The van der Waals surface area contributed by atoms with E-state index in [2.05, 4.69) is 71.5 Å². The largest absolute Gasteiger partial charge is 0.355 e. The lowest BCUT2D eigenvalue weighted by Crippen LogP contribution is -2.44. The highest BCUT2D eigenvalue weighted by Crippen LogP contribution is 2.25.